The van der Waals surface area contributed by atoms with Crippen LogP contribution in [0.4, 0.5) is 14.9 Å². The second-order valence-corrected chi connectivity index (χ2v) is 9.09. The van der Waals surface area contributed by atoms with E-state index in [2.05, 4.69) is 25.7 Å². The van der Waals surface area contributed by atoms with Crippen molar-refractivity contribution in [2.75, 3.05) is 44.3 Å². The molecule has 0 unspecified atom stereocenters. The van der Waals surface area contributed by atoms with E-state index in [1.165, 1.54) is 11.0 Å². The predicted octanol–water partition coefficient (Wildman–Crippen LogP) is 2.08. The molecule has 0 aliphatic carbocycles. The van der Waals surface area contributed by atoms with Crippen molar-refractivity contribution in [1.82, 2.24) is 30.4 Å². The van der Waals surface area contributed by atoms with Gasteiger partial charge in [0.1, 0.15) is 18.0 Å². The Morgan fingerprint density at radius 3 is 2.78 bits per heavy atom. The molecule has 0 radical (unpaired) electrons. The number of aromatic nitrogens is 4. The Hall–Kier alpha value is -3.87. The topological polar surface area (TPSA) is 107 Å². The van der Waals surface area contributed by atoms with Crippen LogP contribution in [0.5, 0.6) is 0 Å². The average Bonchev–Trinajstić information content (AvgIpc) is 3.67. The molecule has 3 aliphatic rings. The Morgan fingerprint density at radius 1 is 1.14 bits per heavy atom. The van der Waals surface area contributed by atoms with Crippen molar-refractivity contribution in [3.8, 4) is 11.1 Å². The highest BCUT2D eigenvalue weighted by atomic mass is 19.1. The summed E-state index contributed by atoms with van der Waals surface area (Å²) < 4.78 is 27.5. The molecule has 1 amide bonds. The third-order valence-corrected chi connectivity index (χ3v) is 6.57. The minimum absolute atomic E-state index is 0.0762. The first-order valence-electron chi connectivity index (χ1n) is 12.1. The first-order chi connectivity index (χ1) is 18.1. The molecule has 1 N–H and O–H groups in total. The first kappa shape index (κ1) is 23.5. The zero-order valence-corrected chi connectivity index (χ0v) is 20.0. The lowest BCUT2D eigenvalue weighted by Crippen LogP contribution is -2.40. The second-order valence-electron chi connectivity index (χ2n) is 9.09. The third-order valence-electron chi connectivity index (χ3n) is 6.57. The van der Waals surface area contributed by atoms with Gasteiger partial charge in [0.05, 0.1) is 49.6 Å². The van der Waals surface area contributed by atoms with Crippen LogP contribution < -0.4 is 10.4 Å². The fourth-order valence-electron chi connectivity index (χ4n) is 4.64. The van der Waals surface area contributed by atoms with Gasteiger partial charge in [-0.1, -0.05) is 11.3 Å². The molecule has 2 aromatic heterocycles. The molecule has 192 valence electrons. The molecule has 3 aliphatic heterocycles. The summed E-state index contributed by atoms with van der Waals surface area (Å²) in [5.41, 5.74) is 5.90. The van der Waals surface area contributed by atoms with Gasteiger partial charge in [-0.2, -0.15) is 0 Å². The van der Waals surface area contributed by atoms with E-state index in [9.17, 15) is 4.79 Å². The van der Waals surface area contributed by atoms with E-state index in [1.807, 2.05) is 18.2 Å². The lowest BCUT2D eigenvalue weighted by atomic mass is 10.1. The number of morpholine rings is 1. The monoisotopic (exact) mass is 507 g/mol. The average molecular weight is 508 g/mol. The number of halogens is 1. The van der Waals surface area contributed by atoms with Crippen LogP contribution in [-0.2, 0) is 20.9 Å². The Kier molecular flexibility index (Phi) is 6.51. The molecule has 0 saturated carbocycles. The van der Waals surface area contributed by atoms with E-state index in [-0.39, 0.29) is 6.10 Å². The molecule has 37 heavy (non-hydrogen) atoms. The maximum Gasteiger partial charge on any atom is 0.414 e. The van der Waals surface area contributed by atoms with E-state index in [0.717, 1.165) is 38.5 Å². The van der Waals surface area contributed by atoms with Crippen LogP contribution in [-0.4, -0.2) is 82.6 Å². The fraction of sp³-hybridized carbons (Fsp3) is 0.360. The van der Waals surface area contributed by atoms with Gasteiger partial charge >= 0.3 is 6.09 Å². The van der Waals surface area contributed by atoms with Crippen molar-refractivity contribution in [3.05, 3.63) is 66.5 Å². The van der Waals surface area contributed by atoms with Gasteiger partial charge in [-0.25, -0.2) is 13.9 Å². The van der Waals surface area contributed by atoms with Crippen molar-refractivity contribution in [3.63, 3.8) is 0 Å². The normalized spacial score (nSPS) is 22.1. The molecule has 6 rings (SSSR count). The van der Waals surface area contributed by atoms with Gasteiger partial charge in [0, 0.05) is 43.2 Å². The summed E-state index contributed by atoms with van der Waals surface area (Å²) in [6, 6.07) is 8.34. The van der Waals surface area contributed by atoms with Crippen molar-refractivity contribution in [2.24, 2.45) is 0 Å². The molecule has 0 spiro atoms. The highest BCUT2D eigenvalue weighted by Gasteiger charge is 2.33. The summed E-state index contributed by atoms with van der Waals surface area (Å²) in [6.45, 7) is 4.72. The van der Waals surface area contributed by atoms with Gasteiger partial charge in [-0.15, -0.1) is 5.10 Å². The summed E-state index contributed by atoms with van der Waals surface area (Å²) in [6.07, 6.45) is 5.90. The van der Waals surface area contributed by atoms with Crippen molar-refractivity contribution >= 4 is 17.5 Å². The third kappa shape index (κ3) is 5.17. The van der Waals surface area contributed by atoms with Crippen molar-refractivity contribution < 1.29 is 23.5 Å². The lowest BCUT2D eigenvalue weighted by Gasteiger charge is -2.27. The quantitative estimate of drug-likeness (QED) is 0.514. The second kappa shape index (κ2) is 10.2. The van der Waals surface area contributed by atoms with E-state index >= 15 is 4.39 Å². The Bertz CT molecular complexity index is 1280. The van der Waals surface area contributed by atoms with Gasteiger partial charge in [0.15, 0.2) is 0 Å². The lowest BCUT2D eigenvalue weighted by molar-refractivity contribution is -0.00802. The van der Waals surface area contributed by atoms with Crippen LogP contribution in [0.25, 0.3) is 16.8 Å². The van der Waals surface area contributed by atoms with Gasteiger partial charge in [-0.05, 0) is 30.3 Å². The van der Waals surface area contributed by atoms with E-state index in [4.69, 9.17) is 14.3 Å². The van der Waals surface area contributed by atoms with E-state index in [0.29, 0.717) is 35.6 Å². The number of nitrogens with one attached hydrogen (secondary N) is 1. The number of anilines is 1. The Labute approximate surface area is 212 Å². The number of hydrogen-bond acceptors (Lipinski definition) is 9. The van der Waals surface area contributed by atoms with Crippen LogP contribution in [0, 0.1) is 5.82 Å². The van der Waals surface area contributed by atoms with Crippen LogP contribution in [0.15, 0.2) is 55.0 Å². The maximum absolute atomic E-state index is 15.1. The smallest absolute Gasteiger partial charge is 0.414 e. The Morgan fingerprint density at radius 2 is 2.03 bits per heavy atom. The van der Waals surface area contributed by atoms with Crippen LogP contribution >= 0.6 is 0 Å². The van der Waals surface area contributed by atoms with Crippen molar-refractivity contribution in [2.45, 2.75) is 18.8 Å². The van der Waals surface area contributed by atoms with E-state index < -0.39 is 18.0 Å². The van der Waals surface area contributed by atoms with Crippen LogP contribution in [0.1, 0.15) is 5.69 Å². The van der Waals surface area contributed by atoms with Gasteiger partial charge < -0.3 is 9.47 Å². The summed E-state index contributed by atoms with van der Waals surface area (Å²) in [5, 5.41) is 7.64. The molecule has 11 nitrogen and oxygen atoms in total. The maximum atomic E-state index is 15.1. The van der Waals surface area contributed by atoms with Gasteiger partial charge in [0.25, 0.3) is 0 Å². The molecule has 2 saturated heterocycles. The van der Waals surface area contributed by atoms with Crippen molar-refractivity contribution in [1.29, 1.82) is 0 Å². The van der Waals surface area contributed by atoms with Gasteiger partial charge in [0.2, 0.25) is 0 Å². The summed E-state index contributed by atoms with van der Waals surface area (Å²) in [7, 11) is 0. The minimum Gasteiger partial charge on any atom is -0.442 e. The van der Waals surface area contributed by atoms with Gasteiger partial charge in [-0.3, -0.25) is 25.1 Å². The minimum atomic E-state index is -0.519. The number of nitrogens with zero attached hydrogens (tertiary/aromatic N) is 6. The molecular formula is C25H26FN7O4. The fourth-order valence-corrected chi connectivity index (χ4v) is 4.64. The molecule has 3 aromatic rings. The van der Waals surface area contributed by atoms with E-state index in [1.54, 1.807) is 35.4 Å². The largest absolute Gasteiger partial charge is 0.442 e. The van der Waals surface area contributed by atoms with Crippen LogP contribution in [0.2, 0.25) is 0 Å². The Balaban J connectivity index is 1.11. The molecule has 2 fully saturated rings. The number of pyridine rings is 1. The molecular weight excluding hydrogens is 481 g/mol. The number of benzene rings is 1. The predicted molar refractivity (Wildman–Crippen MR) is 131 cm³/mol. The molecule has 5 heterocycles. The summed E-state index contributed by atoms with van der Waals surface area (Å²) in [5.74, 6) is -0.452. The number of cyclic esters (lactones) is 1. The number of ether oxygens (including phenoxy) is 2. The molecule has 12 heteroatoms. The standard InChI is InChI=1S/C25H26FN7O4/c26-22-11-18(33-16-20(36-25(33)34)15-32-6-5-28-30-32)2-3-21(22)17-1-4-23(27-13-17)24-12-19(37-29-24)14-31-7-9-35-10-8-31/h1-6,11-13,19-20,29H,7-10,14-16H2/t19-,20-/m0/s1. The number of amides is 1. The number of hydrogen-bond donors (Lipinski definition) is 1. The summed E-state index contributed by atoms with van der Waals surface area (Å²) >= 11 is 0. The molecule has 1 aromatic carbocycles. The molecule has 2 atom stereocenters. The summed E-state index contributed by atoms with van der Waals surface area (Å²) in [4.78, 5) is 26.3. The van der Waals surface area contributed by atoms with Crippen LogP contribution in [0.3, 0.4) is 0 Å². The highest BCUT2D eigenvalue weighted by Crippen LogP contribution is 2.30. The number of hydroxylamine groups is 1. The SMILES string of the molecule is O=C1O[C@@H](Cn2ccnn2)CN1c1ccc(-c2ccc(C3=C[C@@H](CN4CCOCC4)ON3)nc2)c(F)c1. The zero-order chi connectivity index (χ0) is 25.2. The number of rotatable bonds is 7. The first-order valence-corrected chi connectivity index (χ1v) is 12.1. The number of carbonyl (C=O) groups is 1. The number of carbonyl (C=O) groups excluding carboxylic acids is 1. The molecule has 0 bridgehead atoms. The zero-order valence-electron chi connectivity index (χ0n) is 20.0. The highest BCUT2D eigenvalue weighted by molar-refractivity contribution is 5.90.